The molecule has 1 heterocycles. The molecule has 0 aliphatic carbocycles. The molecule has 0 amide bonds. The standard InChI is InChI=1S/C14H15Cl2N3S.ClH/c15-12-4-3-11(13(16)9-12)10-17-5-2-8-20-14-18-6-1-7-19-14;/h1,3-4,6-7,9,17H,2,5,8,10H2;1H. The molecule has 1 aromatic heterocycles. The highest BCUT2D eigenvalue weighted by molar-refractivity contribution is 7.99. The van der Waals surface area contributed by atoms with Crippen LogP contribution in [0.2, 0.25) is 10.0 Å². The summed E-state index contributed by atoms with van der Waals surface area (Å²) in [5.74, 6) is 0.991. The maximum absolute atomic E-state index is 6.10. The van der Waals surface area contributed by atoms with Crippen molar-refractivity contribution in [3.05, 3.63) is 52.3 Å². The number of rotatable bonds is 7. The minimum absolute atomic E-state index is 0. The van der Waals surface area contributed by atoms with Crippen LogP contribution in [0.25, 0.3) is 0 Å². The molecule has 7 heteroatoms. The first kappa shape index (κ1) is 18.5. The van der Waals surface area contributed by atoms with Gasteiger partial charge < -0.3 is 5.32 Å². The molecule has 0 aliphatic rings. The lowest BCUT2D eigenvalue weighted by Crippen LogP contribution is -2.15. The van der Waals surface area contributed by atoms with Gasteiger partial charge in [0, 0.05) is 34.7 Å². The normalized spacial score (nSPS) is 10.2. The van der Waals surface area contributed by atoms with Crippen LogP contribution >= 0.6 is 47.4 Å². The van der Waals surface area contributed by atoms with Gasteiger partial charge in [-0.15, -0.1) is 12.4 Å². The third-order valence-electron chi connectivity index (χ3n) is 2.60. The maximum Gasteiger partial charge on any atom is 0.187 e. The van der Waals surface area contributed by atoms with Gasteiger partial charge in [-0.05, 0) is 36.7 Å². The van der Waals surface area contributed by atoms with Gasteiger partial charge in [0.15, 0.2) is 5.16 Å². The average molecular weight is 365 g/mol. The van der Waals surface area contributed by atoms with Crippen LogP contribution in [-0.4, -0.2) is 22.3 Å². The number of thioether (sulfide) groups is 1. The maximum atomic E-state index is 6.10. The van der Waals surface area contributed by atoms with Crippen LogP contribution in [0.3, 0.4) is 0 Å². The Kier molecular flexibility index (Phi) is 9.04. The average Bonchev–Trinajstić information content (AvgIpc) is 2.46. The van der Waals surface area contributed by atoms with Gasteiger partial charge >= 0.3 is 0 Å². The summed E-state index contributed by atoms with van der Waals surface area (Å²) in [6.07, 6.45) is 4.57. The summed E-state index contributed by atoms with van der Waals surface area (Å²) in [5, 5.41) is 5.56. The molecule has 2 aromatic rings. The van der Waals surface area contributed by atoms with Crippen molar-refractivity contribution in [1.29, 1.82) is 0 Å². The highest BCUT2D eigenvalue weighted by Gasteiger charge is 2.01. The fourth-order valence-electron chi connectivity index (χ4n) is 1.61. The van der Waals surface area contributed by atoms with Crippen LogP contribution in [0.1, 0.15) is 12.0 Å². The summed E-state index contributed by atoms with van der Waals surface area (Å²) in [6, 6.07) is 7.39. The summed E-state index contributed by atoms with van der Waals surface area (Å²) >= 11 is 13.6. The predicted molar refractivity (Wildman–Crippen MR) is 92.8 cm³/mol. The summed E-state index contributed by atoms with van der Waals surface area (Å²) in [5.41, 5.74) is 1.06. The molecule has 2 rings (SSSR count). The van der Waals surface area contributed by atoms with Crippen molar-refractivity contribution in [3.8, 4) is 0 Å². The molecule has 0 atom stereocenters. The zero-order valence-corrected chi connectivity index (χ0v) is 14.4. The Morgan fingerprint density at radius 1 is 1.14 bits per heavy atom. The molecular weight excluding hydrogens is 349 g/mol. The number of benzene rings is 1. The molecule has 1 aromatic carbocycles. The number of hydrogen-bond donors (Lipinski definition) is 1. The minimum atomic E-state index is 0. The molecule has 114 valence electrons. The first-order valence-electron chi connectivity index (χ1n) is 6.30. The molecule has 0 saturated carbocycles. The lowest BCUT2D eigenvalue weighted by molar-refractivity contribution is 0.678. The Bertz CT molecular complexity index is 540. The van der Waals surface area contributed by atoms with Crippen molar-refractivity contribution in [2.24, 2.45) is 0 Å². The Morgan fingerprint density at radius 2 is 1.90 bits per heavy atom. The molecule has 0 bridgehead atoms. The van der Waals surface area contributed by atoms with Gasteiger partial charge in [0.25, 0.3) is 0 Å². The van der Waals surface area contributed by atoms with E-state index in [4.69, 9.17) is 23.2 Å². The van der Waals surface area contributed by atoms with Crippen molar-refractivity contribution in [1.82, 2.24) is 15.3 Å². The van der Waals surface area contributed by atoms with Gasteiger partial charge in [0.2, 0.25) is 0 Å². The molecule has 0 aliphatic heterocycles. The van der Waals surface area contributed by atoms with Crippen molar-refractivity contribution in [2.75, 3.05) is 12.3 Å². The van der Waals surface area contributed by atoms with Crippen LogP contribution in [0.5, 0.6) is 0 Å². The van der Waals surface area contributed by atoms with Gasteiger partial charge in [-0.1, -0.05) is 41.0 Å². The lowest BCUT2D eigenvalue weighted by atomic mass is 10.2. The highest BCUT2D eigenvalue weighted by Crippen LogP contribution is 2.20. The Balaban J connectivity index is 0.00000220. The highest BCUT2D eigenvalue weighted by atomic mass is 35.5. The first-order valence-corrected chi connectivity index (χ1v) is 8.04. The number of nitrogens with one attached hydrogen (secondary N) is 1. The summed E-state index contributed by atoms with van der Waals surface area (Å²) in [4.78, 5) is 8.33. The van der Waals surface area contributed by atoms with E-state index < -0.39 is 0 Å². The molecule has 0 unspecified atom stereocenters. The zero-order valence-electron chi connectivity index (χ0n) is 11.3. The molecule has 0 saturated heterocycles. The van der Waals surface area contributed by atoms with Crippen molar-refractivity contribution >= 4 is 47.4 Å². The Labute approximate surface area is 145 Å². The summed E-state index contributed by atoms with van der Waals surface area (Å²) in [6.45, 7) is 1.68. The molecule has 21 heavy (non-hydrogen) atoms. The van der Waals surface area contributed by atoms with Crippen LogP contribution in [-0.2, 0) is 6.54 Å². The SMILES string of the molecule is Cl.Clc1ccc(CNCCCSc2ncccn2)c(Cl)c1. The smallest absolute Gasteiger partial charge is 0.187 e. The number of nitrogens with zero attached hydrogens (tertiary/aromatic N) is 2. The molecule has 3 nitrogen and oxygen atoms in total. The largest absolute Gasteiger partial charge is 0.313 e. The molecular formula is C14H16Cl3N3S. The van der Waals surface area contributed by atoms with Gasteiger partial charge in [-0.25, -0.2) is 9.97 Å². The Hall–Kier alpha value is -0.520. The Morgan fingerprint density at radius 3 is 2.62 bits per heavy atom. The van der Waals surface area contributed by atoms with Crippen molar-refractivity contribution in [3.63, 3.8) is 0 Å². The van der Waals surface area contributed by atoms with Crippen LogP contribution in [0.4, 0.5) is 0 Å². The van der Waals surface area contributed by atoms with E-state index >= 15 is 0 Å². The second-order valence-electron chi connectivity index (χ2n) is 4.15. The minimum Gasteiger partial charge on any atom is -0.313 e. The van der Waals surface area contributed by atoms with E-state index in [0.29, 0.717) is 10.0 Å². The van der Waals surface area contributed by atoms with E-state index in [2.05, 4.69) is 15.3 Å². The van der Waals surface area contributed by atoms with E-state index in [0.717, 1.165) is 36.0 Å². The van der Waals surface area contributed by atoms with Gasteiger partial charge in [0.1, 0.15) is 0 Å². The number of aromatic nitrogens is 2. The van der Waals surface area contributed by atoms with Gasteiger partial charge in [-0.3, -0.25) is 0 Å². The fraction of sp³-hybridized carbons (Fsp3) is 0.286. The van der Waals surface area contributed by atoms with Crippen LogP contribution in [0, 0.1) is 0 Å². The number of halogens is 3. The van der Waals surface area contributed by atoms with Gasteiger partial charge in [-0.2, -0.15) is 0 Å². The monoisotopic (exact) mass is 363 g/mol. The third kappa shape index (κ3) is 6.85. The number of hydrogen-bond acceptors (Lipinski definition) is 4. The topological polar surface area (TPSA) is 37.8 Å². The first-order chi connectivity index (χ1) is 9.75. The van der Waals surface area contributed by atoms with E-state index in [1.807, 2.05) is 18.2 Å². The quantitative estimate of drug-likeness (QED) is 0.446. The van der Waals surface area contributed by atoms with E-state index in [9.17, 15) is 0 Å². The zero-order chi connectivity index (χ0) is 14.2. The summed E-state index contributed by atoms with van der Waals surface area (Å²) < 4.78 is 0. The molecule has 0 radical (unpaired) electrons. The third-order valence-corrected chi connectivity index (χ3v) is 4.15. The van der Waals surface area contributed by atoms with Crippen molar-refractivity contribution < 1.29 is 0 Å². The van der Waals surface area contributed by atoms with Crippen LogP contribution < -0.4 is 5.32 Å². The molecule has 0 fully saturated rings. The van der Waals surface area contributed by atoms with E-state index in [1.165, 1.54) is 0 Å². The predicted octanol–water partition coefficient (Wildman–Crippen LogP) is 4.48. The van der Waals surface area contributed by atoms with E-state index in [1.54, 1.807) is 30.2 Å². The second kappa shape index (κ2) is 10.2. The molecule has 0 spiro atoms. The van der Waals surface area contributed by atoms with Gasteiger partial charge in [0.05, 0.1) is 0 Å². The van der Waals surface area contributed by atoms with Crippen LogP contribution in [0.15, 0.2) is 41.8 Å². The molecule has 1 N–H and O–H groups in total. The second-order valence-corrected chi connectivity index (χ2v) is 6.05. The van der Waals surface area contributed by atoms with Crippen molar-refractivity contribution in [2.45, 2.75) is 18.1 Å². The lowest BCUT2D eigenvalue weighted by Gasteiger charge is -2.06. The summed E-state index contributed by atoms with van der Waals surface area (Å²) in [7, 11) is 0. The fourth-order valence-corrected chi connectivity index (χ4v) is 2.83. The van der Waals surface area contributed by atoms with E-state index in [-0.39, 0.29) is 12.4 Å².